The first-order valence-corrected chi connectivity index (χ1v) is 13.5. The maximum atomic E-state index is 13.4. The molecule has 3 aromatic rings. The summed E-state index contributed by atoms with van der Waals surface area (Å²) in [6, 6.07) is 18.4. The Morgan fingerprint density at radius 1 is 0.879 bits per heavy atom. The zero-order valence-corrected chi connectivity index (χ0v) is 19.9. The van der Waals surface area contributed by atoms with Gasteiger partial charge >= 0.3 is 0 Å². The molecule has 174 valence electrons. The molecule has 0 bridgehead atoms. The third-order valence-electron chi connectivity index (χ3n) is 5.75. The number of methoxy groups -OCH3 is 2. The second-order valence-corrected chi connectivity index (χ2v) is 11.8. The number of sulfone groups is 2. The third-order valence-corrected chi connectivity index (χ3v) is 9.84. The van der Waals surface area contributed by atoms with Gasteiger partial charge in [-0.05, 0) is 35.4 Å². The van der Waals surface area contributed by atoms with Crippen LogP contribution in [0.4, 0.5) is 0 Å². The molecule has 1 unspecified atom stereocenters. The van der Waals surface area contributed by atoms with Crippen LogP contribution < -0.4 is 14.8 Å². The van der Waals surface area contributed by atoms with Gasteiger partial charge in [0, 0.05) is 18.7 Å². The lowest BCUT2D eigenvalue weighted by Gasteiger charge is -2.17. The number of para-hydroxylation sites is 1. The Morgan fingerprint density at radius 2 is 1.55 bits per heavy atom. The molecule has 0 fully saturated rings. The van der Waals surface area contributed by atoms with E-state index in [1.54, 1.807) is 50.6 Å². The van der Waals surface area contributed by atoms with Crippen LogP contribution in [0.1, 0.15) is 21.9 Å². The molecule has 1 N–H and O–H groups in total. The van der Waals surface area contributed by atoms with E-state index in [0.29, 0.717) is 35.7 Å². The van der Waals surface area contributed by atoms with Crippen molar-refractivity contribution in [2.45, 2.75) is 28.1 Å². The quantitative estimate of drug-likeness (QED) is 0.521. The lowest BCUT2D eigenvalue weighted by Crippen LogP contribution is -2.19. The Morgan fingerprint density at radius 3 is 2.24 bits per heavy atom. The van der Waals surface area contributed by atoms with Crippen molar-refractivity contribution in [1.82, 2.24) is 5.32 Å². The van der Waals surface area contributed by atoms with Crippen molar-refractivity contribution in [3.63, 3.8) is 0 Å². The Hall–Kier alpha value is -2.88. The van der Waals surface area contributed by atoms with Gasteiger partial charge in [-0.2, -0.15) is 0 Å². The monoisotopic (exact) mass is 487 g/mol. The molecule has 1 aliphatic heterocycles. The Kier molecular flexibility index (Phi) is 6.47. The van der Waals surface area contributed by atoms with Gasteiger partial charge in [-0.25, -0.2) is 16.8 Å². The minimum absolute atomic E-state index is 0.0882. The first kappa shape index (κ1) is 23.3. The molecular formula is C24H25NO6S2. The van der Waals surface area contributed by atoms with Crippen LogP contribution in [-0.4, -0.2) is 36.8 Å². The Balaban J connectivity index is 1.66. The van der Waals surface area contributed by atoms with Crippen molar-refractivity contribution in [2.75, 3.05) is 20.0 Å². The summed E-state index contributed by atoms with van der Waals surface area (Å²) in [5, 5.41) is 2.14. The minimum atomic E-state index is -3.89. The van der Waals surface area contributed by atoms with E-state index in [1.807, 2.05) is 12.1 Å². The number of rotatable bonds is 8. The van der Waals surface area contributed by atoms with Gasteiger partial charge in [0.1, 0.15) is 5.25 Å². The summed E-state index contributed by atoms with van der Waals surface area (Å²) in [6.07, 6.45) is 0. The summed E-state index contributed by atoms with van der Waals surface area (Å²) in [6.45, 7) is 0.715. The molecule has 0 spiro atoms. The van der Waals surface area contributed by atoms with Crippen molar-refractivity contribution >= 4 is 19.7 Å². The van der Waals surface area contributed by atoms with Crippen molar-refractivity contribution < 1.29 is 26.3 Å². The van der Waals surface area contributed by atoms with E-state index >= 15 is 0 Å². The molecule has 1 heterocycles. The predicted octanol–water partition coefficient (Wildman–Crippen LogP) is 3.30. The van der Waals surface area contributed by atoms with Crippen LogP contribution in [0.3, 0.4) is 0 Å². The summed E-state index contributed by atoms with van der Waals surface area (Å²) in [5.41, 5.74) is 1.86. The van der Waals surface area contributed by atoms with E-state index in [1.165, 1.54) is 18.2 Å². The van der Waals surface area contributed by atoms with Crippen molar-refractivity contribution in [2.24, 2.45) is 0 Å². The van der Waals surface area contributed by atoms with Crippen LogP contribution >= 0.6 is 0 Å². The molecular weight excluding hydrogens is 462 g/mol. The molecule has 0 saturated carbocycles. The van der Waals surface area contributed by atoms with Crippen molar-refractivity contribution in [1.29, 1.82) is 0 Å². The van der Waals surface area contributed by atoms with Crippen LogP contribution in [0, 0.1) is 0 Å². The molecule has 3 aromatic carbocycles. The molecule has 4 rings (SSSR count). The maximum absolute atomic E-state index is 13.4. The Labute approximate surface area is 194 Å². The van der Waals surface area contributed by atoms with Crippen LogP contribution in [0.5, 0.6) is 11.5 Å². The normalized spacial score (nSPS) is 16.8. The van der Waals surface area contributed by atoms with E-state index in [4.69, 9.17) is 9.47 Å². The number of hydrogen-bond donors (Lipinski definition) is 1. The SMILES string of the molecule is COc1cccc(CNCc2cccc3c2C(S(=O)(=O)c2ccccc2)CS3(=O)=O)c1OC. The van der Waals surface area contributed by atoms with Gasteiger partial charge < -0.3 is 14.8 Å². The minimum Gasteiger partial charge on any atom is -0.493 e. The van der Waals surface area contributed by atoms with Gasteiger partial charge in [0.2, 0.25) is 0 Å². The highest BCUT2D eigenvalue weighted by Gasteiger charge is 2.44. The van der Waals surface area contributed by atoms with Crippen LogP contribution in [-0.2, 0) is 32.8 Å². The fourth-order valence-corrected chi connectivity index (χ4v) is 8.62. The van der Waals surface area contributed by atoms with E-state index in [-0.39, 0.29) is 9.79 Å². The van der Waals surface area contributed by atoms with Crippen LogP contribution in [0.25, 0.3) is 0 Å². The smallest absolute Gasteiger partial charge is 0.186 e. The van der Waals surface area contributed by atoms with E-state index in [9.17, 15) is 16.8 Å². The zero-order chi connectivity index (χ0) is 23.6. The van der Waals surface area contributed by atoms with Crippen LogP contribution in [0.2, 0.25) is 0 Å². The molecule has 1 atom stereocenters. The van der Waals surface area contributed by atoms with Gasteiger partial charge in [0.05, 0.1) is 29.8 Å². The highest BCUT2D eigenvalue weighted by Crippen LogP contribution is 2.43. The number of benzene rings is 3. The second-order valence-electron chi connectivity index (χ2n) is 7.71. The third kappa shape index (κ3) is 4.36. The maximum Gasteiger partial charge on any atom is 0.186 e. The number of nitrogens with one attached hydrogen (secondary N) is 1. The lowest BCUT2D eigenvalue weighted by molar-refractivity contribution is 0.350. The lowest BCUT2D eigenvalue weighted by atomic mass is 10.0. The predicted molar refractivity (Wildman–Crippen MR) is 125 cm³/mol. The molecule has 0 aromatic heterocycles. The zero-order valence-electron chi connectivity index (χ0n) is 18.3. The molecule has 33 heavy (non-hydrogen) atoms. The average molecular weight is 488 g/mol. The summed E-state index contributed by atoms with van der Waals surface area (Å²) < 4.78 is 63.2. The van der Waals surface area contributed by atoms with E-state index in [0.717, 1.165) is 5.56 Å². The second kappa shape index (κ2) is 9.17. The fourth-order valence-electron chi connectivity index (χ4n) is 4.20. The summed E-state index contributed by atoms with van der Waals surface area (Å²) in [4.78, 5) is 0.201. The first-order valence-electron chi connectivity index (χ1n) is 10.3. The standard InChI is InChI=1S/C24H25NO6S2/c1-30-20-12-6-9-18(24(20)31-2)15-25-14-17-8-7-13-21-23(17)22(16-32(21,26)27)33(28,29)19-10-4-3-5-11-19/h3-13,22,25H,14-16H2,1-2H3. The molecule has 0 radical (unpaired) electrons. The summed E-state index contributed by atoms with van der Waals surface area (Å²) >= 11 is 0. The molecule has 0 aliphatic carbocycles. The van der Waals surface area contributed by atoms with Gasteiger partial charge in [0.25, 0.3) is 0 Å². The van der Waals surface area contributed by atoms with Crippen molar-refractivity contribution in [3.05, 3.63) is 83.4 Å². The van der Waals surface area contributed by atoms with Gasteiger partial charge in [-0.3, -0.25) is 0 Å². The van der Waals surface area contributed by atoms with Crippen LogP contribution in [0.15, 0.2) is 76.5 Å². The molecule has 9 heteroatoms. The highest BCUT2D eigenvalue weighted by molar-refractivity contribution is 7.96. The molecule has 0 saturated heterocycles. The van der Waals surface area contributed by atoms with Gasteiger partial charge in [0.15, 0.2) is 31.2 Å². The Bertz CT molecular complexity index is 1370. The summed E-state index contributed by atoms with van der Waals surface area (Å²) in [5.74, 6) is 0.760. The number of hydrogen-bond acceptors (Lipinski definition) is 7. The number of ether oxygens (including phenoxy) is 2. The average Bonchev–Trinajstić information content (AvgIpc) is 3.11. The highest BCUT2D eigenvalue weighted by atomic mass is 32.2. The van der Waals surface area contributed by atoms with Gasteiger partial charge in [-0.15, -0.1) is 0 Å². The molecule has 7 nitrogen and oxygen atoms in total. The largest absolute Gasteiger partial charge is 0.493 e. The summed E-state index contributed by atoms with van der Waals surface area (Å²) in [7, 11) is -4.46. The van der Waals surface area contributed by atoms with E-state index < -0.39 is 30.7 Å². The fraction of sp³-hybridized carbons (Fsp3) is 0.250. The van der Waals surface area contributed by atoms with Crippen molar-refractivity contribution in [3.8, 4) is 11.5 Å². The molecule has 0 amide bonds. The first-order chi connectivity index (χ1) is 15.8. The number of fused-ring (bicyclic) bond motifs is 1. The molecule has 1 aliphatic rings. The van der Waals surface area contributed by atoms with E-state index in [2.05, 4.69) is 5.32 Å². The topological polar surface area (TPSA) is 98.8 Å². The van der Waals surface area contributed by atoms with Gasteiger partial charge in [-0.1, -0.05) is 42.5 Å².